The van der Waals surface area contributed by atoms with E-state index in [-0.39, 0.29) is 0 Å². The molecule has 2 heteroatoms. The minimum absolute atomic E-state index is 0.733. The Morgan fingerprint density at radius 3 is 2.61 bits per heavy atom. The molecule has 3 aliphatic rings. The zero-order chi connectivity index (χ0) is 15.9. The molecule has 0 aromatic heterocycles. The lowest BCUT2D eigenvalue weighted by Gasteiger charge is -2.45. The molecule has 1 aromatic rings. The van der Waals surface area contributed by atoms with Gasteiger partial charge in [-0.25, -0.2) is 0 Å². The molecule has 122 valence electrons. The molecule has 23 heavy (non-hydrogen) atoms. The quantitative estimate of drug-likeness (QED) is 0.442. The maximum atomic E-state index is 5.87. The molecule has 1 saturated carbocycles. The van der Waals surface area contributed by atoms with Gasteiger partial charge in [0.05, 0.1) is 6.61 Å². The number of benzene rings is 1. The number of nitrogens with zero attached hydrogens (tertiary/aromatic N) is 1. The molecule has 2 nitrogen and oxygen atoms in total. The molecular formula is C21H27NO. The van der Waals surface area contributed by atoms with Gasteiger partial charge in [-0.1, -0.05) is 17.9 Å². The van der Waals surface area contributed by atoms with Gasteiger partial charge in [0.1, 0.15) is 5.75 Å². The van der Waals surface area contributed by atoms with Gasteiger partial charge >= 0.3 is 0 Å². The molecule has 2 saturated heterocycles. The summed E-state index contributed by atoms with van der Waals surface area (Å²) in [7, 11) is 0. The molecule has 1 aliphatic carbocycles. The van der Waals surface area contributed by atoms with Crippen molar-refractivity contribution in [2.24, 2.45) is 5.92 Å². The summed E-state index contributed by atoms with van der Waals surface area (Å²) in [6, 6.07) is 8.93. The Hall–Kier alpha value is -1.72. The van der Waals surface area contributed by atoms with E-state index in [2.05, 4.69) is 23.3 Å². The van der Waals surface area contributed by atoms with Crippen molar-refractivity contribution in [2.75, 3.05) is 19.7 Å². The molecule has 0 spiro atoms. The lowest BCUT2D eigenvalue weighted by atomic mass is 9.80. The Morgan fingerprint density at radius 1 is 1.17 bits per heavy atom. The summed E-state index contributed by atoms with van der Waals surface area (Å²) in [6.07, 6.45) is 9.42. The van der Waals surface area contributed by atoms with Crippen LogP contribution in [0.3, 0.4) is 0 Å². The van der Waals surface area contributed by atoms with E-state index in [0.717, 1.165) is 42.7 Å². The van der Waals surface area contributed by atoms with Gasteiger partial charge in [0.25, 0.3) is 0 Å². The Balaban J connectivity index is 1.37. The van der Waals surface area contributed by atoms with Gasteiger partial charge in [-0.3, -0.25) is 4.90 Å². The van der Waals surface area contributed by atoms with Gasteiger partial charge in [-0.15, -0.1) is 6.58 Å². The summed E-state index contributed by atoms with van der Waals surface area (Å²) in [5.74, 6) is 8.09. The van der Waals surface area contributed by atoms with Gasteiger partial charge in [0.2, 0.25) is 0 Å². The molecule has 4 rings (SSSR count). The number of piperidine rings is 2. The predicted molar refractivity (Wildman–Crippen MR) is 95.6 cm³/mol. The summed E-state index contributed by atoms with van der Waals surface area (Å²) < 4.78 is 5.87. The second kappa shape index (κ2) is 8.22. The first-order valence-corrected chi connectivity index (χ1v) is 8.92. The minimum Gasteiger partial charge on any atom is -0.494 e. The highest BCUT2D eigenvalue weighted by Crippen LogP contribution is 2.34. The van der Waals surface area contributed by atoms with Crippen LogP contribution in [0.1, 0.15) is 44.1 Å². The van der Waals surface area contributed by atoms with Crippen molar-refractivity contribution in [1.82, 2.24) is 4.90 Å². The molecule has 2 heterocycles. The maximum absolute atomic E-state index is 5.87. The largest absolute Gasteiger partial charge is 0.494 e. The smallest absolute Gasteiger partial charge is 0.119 e. The predicted octanol–water partition coefficient (Wildman–Crippen LogP) is 4.26. The van der Waals surface area contributed by atoms with Crippen LogP contribution in [0.25, 0.3) is 0 Å². The molecule has 2 aliphatic heterocycles. The van der Waals surface area contributed by atoms with Crippen molar-refractivity contribution < 1.29 is 4.74 Å². The maximum Gasteiger partial charge on any atom is 0.119 e. The van der Waals surface area contributed by atoms with Crippen LogP contribution in [0.4, 0.5) is 0 Å². The van der Waals surface area contributed by atoms with Gasteiger partial charge in [-0.05, 0) is 62.3 Å². The Labute approximate surface area is 140 Å². The van der Waals surface area contributed by atoms with Crippen LogP contribution in [0, 0.1) is 17.8 Å². The third-order valence-corrected chi connectivity index (χ3v) is 5.02. The van der Waals surface area contributed by atoms with E-state index in [1.807, 2.05) is 30.3 Å². The zero-order valence-electron chi connectivity index (χ0n) is 14.0. The van der Waals surface area contributed by atoms with E-state index in [0.29, 0.717) is 0 Å². The average Bonchev–Trinajstić information content (AvgIpc) is 2.61. The summed E-state index contributed by atoms with van der Waals surface area (Å²) >= 11 is 0. The third kappa shape index (κ3) is 4.62. The molecule has 2 bridgehead atoms. The second-order valence-electron chi connectivity index (χ2n) is 6.69. The van der Waals surface area contributed by atoms with Crippen molar-refractivity contribution in [3.8, 4) is 17.6 Å². The Morgan fingerprint density at radius 2 is 1.96 bits per heavy atom. The van der Waals surface area contributed by atoms with E-state index < -0.39 is 0 Å². The van der Waals surface area contributed by atoms with Gasteiger partial charge in [0.15, 0.2) is 0 Å². The molecule has 0 radical (unpaired) electrons. The molecule has 0 unspecified atom stereocenters. The number of ether oxygens (including phenoxy) is 1. The Bertz CT molecular complexity index is 558. The zero-order valence-corrected chi connectivity index (χ0v) is 14.0. The molecule has 1 aromatic carbocycles. The number of hydrogen-bond donors (Lipinski definition) is 0. The molecule has 0 amide bonds. The fourth-order valence-corrected chi connectivity index (χ4v) is 3.76. The van der Waals surface area contributed by atoms with Gasteiger partial charge in [0, 0.05) is 31.1 Å². The van der Waals surface area contributed by atoms with E-state index in [1.54, 1.807) is 0 Å². The fourth-order valence-electron chi connectivity index (χ4n) is 3.76. The Kier molecular flexibility index (Phi) is 5.77. The lowest BCUT2D eigenvalue weighted by molar-refractivity contribution is 0.0452. The van der Waals surface area contributed by atoms with Gasteiger partial charge < -0.3 is 4.74 Å². The number of rotatable bonds is 6. The summed E-state index contributed by atoms with van der Waals surface area (Å²) in [5.41, 5.74) is 1.03. The first-order valence-electron chi connectivity index (χ1n) is 8.92. The molecule has 3 fully saturated rings. The molecule has 0 atom stereocenters. The van der Waals surface area contributed by atoms with Crippen molar-refractivity contribution >= 4 is 0 Å². The lowest BCUT2D eigenvalue weighted by Crippen LogP contribution is -2.48. The van der Waals surface area contributed by atoms with Gasteiger partial charge in [-0.2, -0.15) is 0 Å². The highest BCUT2D eigenvalue weighted by molar-refractivity contribution is 5.38. The van der Waals surface area contributed by atoms with E-state index >= 15 is 0 Å². The van der Waals surface area contributed by atoms with E-state index in [4.69, 9.17) is 4.74 Å². The van der Waals surface area contributed by atoms with E-state index in [9.17, 15) is 0 Å². The van der Waals surface area contributed by atoms with Crippen LogP contribution in [-0.4, -0.2) is 30.6 Å². The fraction of sp³-hybridized carbons (Fsp3) is 0.524. The molecule has 0 N–H and O–H groups in total. The van der Waals surface area contributed by atoms with Crippen LogP contribution >= 0.6 is 0 Å². The van der Waals surface area contributed by atoms with Crippen molar-refractivity contribution in [3.05, 3.63) is 42.5 Å². The van der Waals surface area contributed by atoms with Crippen LogP contribution < -0.4 is 4.74 Å². The van der Waals surface area contributed by atoms with Crippen LogP contribution in [0.5, 0.6) is 5.75 Å². The first-order chi connectivity index (χ1) is 11.3. The minimum atomic E-state index is 0.733. The number of fused-ring (bicyclic) bond motifs is 3. The normalized spacial score (nSPS) is 23.1. The first kappa shape index (κ1) is 16.1. The van der Waals surface area contributed by atoms with E-state index in [1.165, 1.54) is 38.8 Å². The summed E-state index contributed by atoms with van der Waals surface area (Å²) in [6.45, 7) is 6.98. The standard InChI is InChI=1S/C21H27NO/c1-2-3-4-6-18-9-13-21(14-10-18)23-16-5-15-22-17-19-7-11-20(22)12-8-19/h2,9-10,13-14,19-20H,1,3,5,7-8,11-12,15-17H2. The molecular weight excluding hydrogens is 282 g/mol. The second-order valence-corrected chi connectivity index (χ2v) is 6.69. The highest BCUT2D eigenvalue weighted by atomic mass is 16.5. The summed E-state index contributed by atoms with van der Waals surface area (Å²) in [4.78, 5) is 2.69. The van der Waals surface area contributed by atoms with Crippen molar-refractivity contribution in [2.45, 2.75) is 44.6 Å². The summed E-state index contributed by atoms with van der Waals surface area (Å²) in [5, 5.41) is 0. The number of hydrogen-bond acceptors (Lipinski definition) is 2. The van der Waals surface area contributed by atoms with Crippen LogP contribution in [0.2, 0.25) is 0 Å². The van der Waals surface area contributed by atoms with Crippen molar-refractivity contribution in [1.29, 1.82) is 0 Å². The third-order valence-electron chi connectivity index (χ3n) is 5.02. The topological polar surface area (TPSA) is 12.5 Å². The van der Waals surface area contributed by atoms with Crippen molar-refractivity contribution in [3.63, 3.8) is 0 Å². The van der Waals surface area contributed by atoms with Crippen LogP contribution in [0.15, 0.2) is 36.9 Å². The monoisotopic (exact) mass is 309 g/mol. The average molecular weight is 309 g/mol. The SMILES string of the molecule is C=CCC#Cc1ccc(OCCCN2CC3CCC2CC3)cc1. The highest BCUT2D eigenvalue weighted by Gasteiger charge is 2.32. The number of allylic oxidation sites excluding steroid dienone is 1. The van der Waals surface area contributed by atoms with Crippen LogP contribution in [-0.2, 0) is 0 Å².